The summed E-state index contributed by atoms with van der Waals surface area (Å²) in [4.78, 5) is 11.6. The second kappa shape index (κ2) is 5.27. The molecule has 1 atom stereocenters. The largest absolute Gasteiger partial charge is 0.465 e. The molecule has 1 aliphatic rings. The van der Waals surface area contributed by atoms with E-state index < -0.39 is 0 Å². The molecule has 5 nitrogen and oxygen atoms in total. The predicted molar refractivity (Wildman–Crippen MR) is 69.8 cm³/mol. The van der Waals surface area contributed by atoms with Crippen LogP contribution in [-0.4, -0.2) is 32.3 Å². The highest BCUT2D eigenvalue weighted by atomic mass is 16.5. The van der Waals surface area contributed by atoms with E-state index in [-0.39, 0.29) is 12.1 Å². The van der Waals surface area contributed by atoms with Gasteiger partial charge in [0, 0.05) is 13.2 Å². The lowest BCUT2D eigenvalue weighted by Gasteiger charge is -2.27. The van der Waals surface area contributed by atoms with Crippen LogP contribution in [0, 0.1) is 6.92 Å². The van der Waals surface area contributed by atoms with Crippen molar-refractivity contribution in [3.63, 3.8) is 0 Å². The molecule has 0 aliphatic carbocycles. The second-order valence-electron chi connectivity index (χ2n) is 4.41. The van der Waals surface area contributed by atoms with Crippen molar-refractivity contribution in [3.05, 3.63) is 23.3 Å². The van der Waals surface area contributed by atoms with Gasteiger partial charge in [-0.15, -0.1) is 0 Å². The molecule has 3 N–H and O–H groups in total. The Labute approximate surface area is 106 Å². The third kappa shape index (κ3) is 2.56. The van der Waals surface area contributed by atoms with Gasteiger partial charge in [0.25, 0.3) is 0 Å². The van der Waals surface area contributed by atoms with Gasteiger partial charge in [0.15, 0.2) is 0 Å². The Balaban J connectivity index is 2.15. The summed E-state index contributed by atoms with van der Waals surface area (Å²) >= 11 is 0. The maximum atomic E-state index is 11.6. The summed E-state index contributed by atoms with van der Waals surface area (Å²) in [6, 6.07) is 3.51. The van der Waals surface area contributed by atoms with Crippen LogP contribution < -0.4 is 11.1 Å². The van der Waals surface area contributed by atoms with E-state index in [4.69, 9.17) is 15.2 Å². The van der Waals surface area contributed by atoms with Crippen LogP contribution in [0.15, 0.2) is 12.1 Å². The van der Waals surface area contributed by atoms with Crippen LogP contribution in [0.3, 0.4) is 0 Å². The van der Waals surface area contributed by atoms with Crippen molar-refractivity contribution in [2.45, 2.75) is 19.4 Å². The summed E-state index contributed by atoms with van der Waals surface area (Å²) in [6.07, 6.45) is 1.30. The SMILES string of the molecule is COC(=O)c1cc(NCC2CCO2)c(N)cc1C. The quantitative estimate of drug-likeness (QED) is 0.626. The summed E-state index contributed by atoms with van der Waals surface area (Å²) in [5.41, 5.74) is 8.63. The monoisotopic (exact) mass is 250 g/mol. The van der Waals surface area contributed by atoms with Gasteiger partial charge in [0.05, 0.1) is 30.2 Å². The number of rotatable bonds is 4. The van der Waals surface area contributed by atoms with E-state index in [9.17, 15) is 4.79 Å². The minimum absolute atomic E-state index is 0.243. The summed E-state index contributed by atoms with van der Waals surface area (Å²) in [6.45, 7) is 3.36. The Hall–Kier alpha value is -1.75. The zero-order valence-electron chi connectivity index (χ0n) is 10.7. The first-order chi connectivity index (χ1) is 8.61. The van der Waals surface area contributed by atoms with Crippen molar-refractivity contribution in [2.75, 3.05) is 31.3 Å². The predicted octanol–water partition coefficient (Wildman–Crippen LogP) is 1.56. The van der Waals surface area contributed by atoms with Crippen molar-refractivity contribution < 1.29 is 14.3 Å². The Bertz CT molecular complexity index is 456. The fourth-order valence-corrected chi connectivity index (χ4v) is 1.88. The molecule has 98 valence electrons. The maximum Gasteiger partial charge on any atom is 0.338 e. The second-order valence-corrected chi connectivity index (χ2v) is 4.41. The average molecular weight is 250 g/mol. The number of anilines is 2. The molecule has 0 aromatic heterocycles. The van der Waals surface area contributed by atoms with Crippen LogP contribution in [0.5, 0.6) is 0 Å². The first kappa shape index (κ1) is 12.7. The average Bonchev–Trinajstić information content (AvgIpc) is 2.28. The van der Waals surface area contributed by atoms with Gasteiger partial charge in [-0.1, -0.05) is 0 Å². The number of hydrogen-bond acceptors (Lipinski definition) is 5. The summed E-state index contributed by atoms with van der Waals surface area (Å²) < 4.78 is 10.1. The van der Waals surface area contributed by atoms with Crippen LogP contribution in [0.25, 0.3) is 0 Å². The number of aryl methyl sites for hydroxylation is 1. The molecule has 1 saturated heterocycles. The Morgan fingerprint density at radius 2 is 2.33 bits per heavy atom. The van der Waals surface area contributed by atoms with E-state index in [1.54, 1.807) is 12.1 Å². The topological polar surface area (TPSA) is 73.6 Å². The highest BCUT2D eigenvalue weighted by Gasteiger charge is 2.18. The fraction of sp³-hybridized carbons (Fsp3) is 0.462. The number of nitrogen functional groups attached to an aromatic ring is 1. The van der Waals surface area contributed by atoms with Gasteiger partial charge in [-0.25, -0.2) is 4.79 Å². The van der Waals surface area contributed by atoms with Gasteiger partial charge < -0.3 is 20.5 Å². The van der Waals surface area contributed by atoms with Gasteiger partial charge in [-0.3, -0.25) is 0 Å². The van der Waals surface area contributed by atoms with Gasteiger partial charge in [0.1, 0.15) is 0 Å². The number of carbonyl (C=O) groups is 1. The lowest BCUT2D eigenvalue weighted by atomic mass is 10.1. The fourth-order valence-electron chi connectivity index (χ4n) is 1.88. The number of benzene rings is 1. The van der Waals surface area contributed by atoms with E-state index in [1.807, 2.05) is 6.92 Å². The van der Waals surface area contributed by atoms with Crippen molar-refractivity contribution in [2.24, 2.45) is 0 Å². The number of nitrogens with one attached hydrogen (secondary N) is 1. The lowest BCUT2D eigenvalue weighted by molar-refractivity contribution is -0.0410. The molecular weight excluding hydrogens is 232 g/mol. The molecule has 1 aromatic carbocycles. The summed E-state index contributed by atoms with van der Waals surface area (Å²) in [7, 11) is 1.37. The Kier molecular flexibility index (Phi) is 3.72. The number of methoxy groups -OCH3 is 1. The number of carbonyl (C=O) groups excluding carboxylic acids is 1. The third-order valence-electron chi connectivity index (χ3n) is 3.12. The summed E-state index contributed by atoms with van der Waals surface area (Å²) in [5.74, 6) is -0.351. The molecule has 0 spiro atoms. The Morgan fingerprint density at radius 1 is 1.61 bits per heavy atom. The number of nitrogens with two attached hydrogens (primary N) is 1. The van der Waals surface area contributed by atoms with E-state index in [0.717, 1.165) is 24.3 Å². The molecule has 0 radical (unpaired) electrons. The number of ether oxygens (including phenoxy) is 2. The summed E-state index contributed by atoms with van der Waals surface area (Å²) in [5, 5.41) is 3.20. The standard InChI is InChI=1S/C13H18N2O3/c1-8-5-11(14)12(6-10(8)13(16)17-2)15-7-9-3-4-18-9/h5-6,9,15H,3-4,7,14H2,1-2H3. The molecule has 1 heterocycles. The van der Waals surface area contributed by atoms with Crippen molar-refractivity contribution in [1.29, 1.82) is 0 Å². The molecule has 5 heteroatoms. The third-order valence-corrected chi connectivity index (χ3v) is 3.12. The van der Waals surface area contributed by atoms with E-state index >= 15 is 0 Å². The van der Waals surface area contributed by atoms with Crippen molar-refractivity contribution in [3.8, 4) is 0 Å². The van der Waals surface area contributed by atoms with E-state index in [1.165, 1.54) is 7.11 Å². The zero-order chi connectivity index (χ0) is 13.1. The number of hydrogen-bond donors (Lipinski definition) is 2. The number of esters is 1. The molecule has 1 aromatic rings. The Morgan fingerprint density at radius 3 is 2.89 bits per heavy atom. The highest BCUT2D eigenvalue weighted by molar-refractivity contribution is 5.93. The highest BCUT2D eigenvalue weighted by Crippen LogP contribution is 2.25. The normalized spacial score (nSPS) is 18.0. The first-order valence-corrected chi connectivity index (χ1v) is 5.95. The van der Waals surface area contributed by atoms with Crippen LogP contribution in [-0.2, 0) is 9.47 Å². The van der Waals surface area contributed by atoms with Gasteiger partial charge >= 0.3 is 5.97 Å². The van der Waals surface area contributed by atoms with Gasteiger partial charge in [0.2, 0.25) is 0 Å². The molecule has 1 unspecified atom stereocenters. The van der Waals surface area contributed by atoms with Crippen LogP contribution >= 0.6 is 0 Å². The molecule has 1 aliphatic heterocycles. The molecule has 1 fully saturated rings. The molecule has 2 rings (SSSR count). The molecule has 0 saturated carbocycles. The lowest BCUT2D eigenvalue weighted by Crippen LogP contribution is -2.33. The van der Waals surface area contributed by atoms with Gasteiger partial charge in [-0.05, 0) is 31.0 Å². The van der Waals surface area contributed by atoms with E-state index in [2.05, 4.69) is 5.32 Å². The van der Waals surface area contributed by atoms with Crippen LogP contribution in [0.4, 0.5) is 11.4 Å². The minimum Gasteiger partial charge on any atom is -0.465 e. The smallest absolute Gasteiger partial charge is 0.338 e. The van der Waals surface area contributed by atoms with Crippen LogP contribution in [0.2, 0.25) is 0 Å². The van der Waals surface area contributed by atoms with Crippen molar-refractivity contribution in [1.82, 2.24) is 0 Å². The molecule has 0 amide bonds. The van der Waals surface area contributed by atoms with Crippen LogP contribution in [0.1, 0.15) is 22.3 Å². The molecule has 0 bridgehead atoms. The van der Waals surface area contributed by atoms with E-state index in [0.29, 0.717) is 17.8 Å². The molecule has 18 heavy (non-hydrogen) atoms. The van der Waals surface area contributed by atoms with Crippen molar-refractivity contribution >= 4 is 17.3 Å². The maximum absolute atomic E-state index is 11.6. The molecular formula is C13H18N2O3. The van der Waals surface area contributed by atoms with Gasteiger partial charge in [-0.2, -0.15) is 0 Å². The first-order valence-electron chi connectivity index (χ1n) is 5.95. The zero-order valence-corrected chi connectivity index (χ0v) is 10.7. The minimum atomic E-state index is -0.351.